The highest BCUT2D eigenvalue weighted by molar-refractivity contribution is 5.46. The van der Waals surface area contributed by atoms with Gasteiger partial charge in [-0.1, -0.05) is 18.2 Å². The minimum absolute atomic E-state index is 0.791. The van der Waals surface area contributed by atoms with Crippen LogP contribution in [0.3, 0.4) is 0 Å². The average Bonchev–Trinajstić information content (AvgIpc) is 2.28. The summed E-state index contributed by atoms with van der Waals surface area (Å²) in [6.07, 6.45) is 0.995. The zero-order valence-corrected chi connectivity index (χ0v) is 10.3. The molecule has 0 aliphatic heterocycles. The van der Waals surface area contributed by atoms with Gasteiger partial charge in [-0.05, 0) is 32.0 Å². The predicted molar refractivity (Wildman–Crippen MR) is 68.5 cm³/mol. The molecule has 1 rings (SSSR count). The fourth-order valence-electron chi connectivity index (χ4n) is 1.55. The van der Waals surface area contributed by atoms with E-state index in [1.165, 1.54) is 5.56 Å². The van der Waals surface area contributed by atoms with Crippen LogP contribution in [0.1, 0.15) is 12.5 Å². The van der Waals surface area contributed by atoms with Crippen LogP contribution < -0.4 is 5.73 Å². The Bertz CT molecular complexity index is 302. The first-order valence-electron chi connectivity index (χ1n) is 5.83. The predicted octanol–water partition coefficient (Wildman–Crippen LogP) is 1.78. The molecule has 0 saturated carbocycles. The monoisotopic (exact) mass is 222 g/mol. The molecule has 0 bridgehead atoms. The summed E-state index contributed by atoms with van der Waals surface area (Å²) in [7, 11) is 2.11. The highest BCUT2D eigenvalue weighted by atomic mass is 16.5. The molecule has 16 heavy (non-hydrogen) atoms. The third kappa shape index (κ3) is 4.64. The Morgan fingerprint density at radius 1 is 1.25 bits per heavy atom. The van der Waals surface area contributed by atoms with Gasteiger partial charge in [0.05, 0.1) is 6.61 Å². The van der Waals surface area contributed by atoms with Gasteiger partial charge in [0.1, 0.15) is 0 Å². The third-order valence-electron chi connectivity index (χ3n) is 2.64. The lowest BCUT2D eigenvalue weighted by Crippen LogP contribution is -2.25. The maximum absolute atomic E-state index is 5.89. The molecule has 0 radical (unpaired) electrons. The summed E-state index contributed by atoms with van der Waals surface area (Å²) >= 11 is 0. The minimum Gasteiger partial charge on any atom is -0.399 e. The van der Waals surface area contributed by atoms with E-state index < -0.39 is 0 Å². The Morgan fingerprint density at radius 2 is 2.00 bits per heavy atom. The number of hydrogen-bond acceptors (Lipinski definition) is 3. The van der Waals surface area contributed by atoms with Crippen molar-refractivity contribution in [2.24, 2.45) is 0 Å². The first-order valence-corrected chi connectivity index (χ1v) is 5.83. The second-order valence-corrected chi connectivity index (χ2v) is 3.95. The largest absolute Gasteiger partial charge is 0.399 e. The molecular formula is C13H22N2O. The van der Waals surface area contributed by atoms with E-state index in [1.807, 2.05) is 25.1 Å². The van der Waals surface area contributed by atoms with Gasteiger partial charge in [0, 0.05) is 25.4 Å². The molecule has 3 nitrogen and oxygen atoms in total. The van der Waals surface area contributed by atoms with Gasteiger partial charge in [-0.25, -0.2) is 0 Å². The molecule has 0 unspecified atom stereocenters. The highest BCUT2D eigenvalue weighted by Gasteiger charge is 2.01. The van der Waals surface area contributed by atoms with Crippen molar-refractivity contribution < 1.29 is 4.74 Å². The van der Waals surface area contributed by atoms with Crippen molar-refractivity contribution in [2.45, 2.75) is 13.3 Å². The quantitative estimate of drug-likeness (QED) is 0.564. The zero-order valence-electron chi connectivity index (χ0n) is 10.3. The van der Waals surface area contributed by atoms with Crippen molar-refractivity contribution in [3.8, 4) is 0 Å². The van der Waals surface area contributed by atoms with Crippen LogP contribution in [0.2, 0.25) is 0 Å². The normalized spacial score (nSPS) is 10.9. The zero-order chi connectivity index (χ0) is 11.8. The van der Waals surface area contributed by atoms with Crippen LogP contribution >= 0.6 is 0 Å². The van der Waals surface area contributed by atoms with Crippen molar-refractivity contribution >= 4 is 5.69 Å². The molecule has 0 atom stereocenters. The number of nitrogens with zero attached hydrogens (tertiary/aromatic N) is 1. The number of rotatable bonds is 7. The van der Waals surface area contributed by atoms with E-state index in [-0.39, 0.29) is 0 Å². The van der Waals surface area contributed by atoms with Crippen molar-refractivity contribution in [3.63, 3.8) is 0 Å². The summed E-state index contributed by atoms with van der Waals surface area (Å²) in [6, 6.07) is 8.05. The van der Waals surface area contributed by atoms with E-state index in [0.717, 1.165) is 38.4 Å². The highest BCUT2D eigenvalue weighted by Crippen LogP contribution is 2.11. The number of anilines is 1. The first-order chi connectivity index (χ1) is 7.74. The van der Waals surface area contributed by atoms with Crippen LogP contribution in [0.25, 0.3) is 0 Å². The van der Waals surface area contributed by atoms with Crippen LogP contribution in [0, 0.1) is 0 Å². The van der Waals surface area contributed by atoms with Gasteiger partial charge in [-0.15, -0.1) is 0 Å². The maximum atomic E-state index is 5.89. The Labute approximate surface area is 98.2 Å². The molecule has 0 fully saturated rings. The second-order valence-electron chi connectivity index (χ2n) is 3.95. The summed E-state index contributed by atoms with van der Waals surface area (Å²) < 4.78 is 5.31. The van der Waals surface area contributed by atoms with E-state index in [2.05, 4.69) is 18.0 Å². The number of hydrogen-bond donors (Lipinski definition) is 1. The molecule has 90 valence electrons. The molecule has 3 heteroatoms. The first kappa shape index (κ1) is 13.0. The van der Waals surface area contributed by atoms with Gasteiger partial charge in [0.2, 0.25) is 0 Å². The SMILES string of the molecule is CCOCCN(C)CCc1ccccc1N. The lowest BCUT2D eigenvalue weighted by Gasteiger charge is -2.16. The number of benzene rings is 1. The van der Waals surface area contributed by atoms with Crippen molar-refractivity contribution in [3.05, 3.63) is 29.8 Å². The van der Waals surface area contributed by atoms with Crippen molar-refractivity contribution in [1.82, 2.24) is 4.90 Å². The number of likely N-dealkylation sites (N-methyl/N-ethyl adjacent to an activating group) is 1. The topological polar surface area (TPSA) is 38.5 Å². The maximum Gasteiger partial charge on any atom is 0.0593 e. The molecule has 0 spiro atoms. The molecule has 0 aliphatic rings. The fourth-order valence-corrected chi connectivity index (χ4v) is 1.55. The van der Waals surface area contributed by atoms with Gasteiger partial charge in [-0.2, -0.15) is 0 Å². The molecule has 2 N–H and O–H groups in total. The summed E-state index contributed by atoms with van der Waals surface area (Å²) in [5.41, 5.74) is 8.00. The average molecular weight is 222 g/mol. The number of nitrogens with two attached hydrogens (primary N) is 1. The van der Waals surface area contributed by atoms with Gasteiger partial charge < -0.3 is 15.4 Å². The molecular weight excluding hydrogens is 200 g/mol. The Balaban J connectivity index is 2.26. The fraction of sp³-hybridized carbons (Fsp3) is 0.538. The molecule has 0 heterocycles. The van der Waals surface area contributed by atoms with E-state index in [0.29, 0.717) is 0 Å². The second kappa shape index (κ2) is 7.25. The smallest absolute Gasteiger partial charge is 0.0593 e. The Kier molecular flexibility index (Phi) is 5.90. The van der Waals surface area contributed by atoms with Crippen LogP contribution in [0.5, 0.6) is 0 Å². The Hall–Kier alpha value is -1.06. The molecule has 0 saturated heterocycles. The number of para-hydroxylation sites is 1. The number of ether oxygens (including phenoxy) is 1. The molecule has 1 aromatic rings. The molecule has 0 aromatic heterocycles. The minimum atomic E-state index is 0.791. The van der Waals surface area contributed by atoms with Crippen LogP contribution in [-0.4, -0.2) is 38.3 Å². The van der Waals surface area contributed by atoms with Crippen LogP contribution in [-0.2, 0) is 11.2 Å². The van der Waals surface area contributed by atoms with Gasteiger partial charge >= 0.3 is 0 Å². The summed E-state index contributed by atoms with van der Waals surface area (Å²) in [4.78, 5) is 2.27. The van der Waals surface area contributed by atoms with E-state index >= 15 is 0 Å². The lowest BCUT2D eigenvalue weighted by molar-refractivity contribution is 0.122. The summed E-state index contributed by atoms with van der Waals surface area (Å²) in [5, 5.41) is 0. The van der Waals surface area contributed by atoms with E-state index in [4.69, 9.17) is 10.5 Å². The van der Waals surface area contributed by atoms with E-state index in [9.17, 15) is 0 Å². The molecule has 0 aliphatic carbocycles. The standard InChI is InChI=1S/C13H22N2O/c1-3-16-11-10-15(2)9-8-12-6-4-5-7-13(12)14/h4-7H,3,8-11,14H2,1-2H3. The van der Waals surface area contributed by atoms with Gasteiger partial charge in [0.15, 0.2) is 0 Å². The summed E-state index contributed by atoms with van der Waals surface area (Å²) in [6.45, 7) is 5.60. The van der Waals surface area contributed by atoms with Crippen molar-refractivity contribution in [2.75, 3.05) is 39.1 Å². The summed E-state index contributed by atoms with van der Waals surface area (Å²) in [5.74, 6) is 0. The number of nitrogen functional groups attached to an aromatic ring is 1. The molecule has 1 aromatic carbocycles. The van der Waals surface area contributed by atoms with E-state index in [1.54, 1.807) is 0 Å². The third-order valence-corrected chi connectivity index (χ3v) is 2.64. The Morgan fingerprint density at radius 3 is 2.69 bits per heavy atom. The van der Waals surface area contributed by atoms with Crippen LogP contribution in [0.15, 0.2) is 24.3 Å². The van der Waals surface area contributed by atoms with Crippen molar-refractivity contribution in [1.29, 1.82) is 0 Å². The molecule has 0 amide bonds. The lowest BCUT2D eigenvalue weighted by atomic mass is 10.1. The van der Waals surface area contributed by atoms with Crippen LogP contribution in [0.4, 0.5) is 5.69 Å². The van der Waals surface area contributed by atoms with Gasteiger partial charge in [-0.3, -0.25) is 0 Å². The van der Waals surface area contributed by atoms with Gasteiger partial charge in [0.25, 0.3) is 0 Å².